The topological polar surface area (TPSA) is 76.4 Å². The molecule has 6 nitrogen and oxygen atoms in total. The van der Waals surface area contributed by atoms with E-state index in [4.69, 9.17) is 21.5 Å². The van der Waals surface area contributed by atoms with Crippen molar-refractivity contribution in [1.29, 1.82) is 0 Å². The molecule has 0 bridgehead atoms. The van der Waals surface area contributed by atoms with Crippen LogP contribution in [0.5, 0.6) is 5.75 Å². The average Bonchev–Trinajstić information content (AvgIpc) is 3.23. The van der Waals surface area contributed by atoms with Crippen molar-refractivity contribution in [1.82, 2.24) is 10.5 Å². The first-order valence-corrected chi connectivity index (χ1v) is 10.1. The van der Waals surface area contributed by atoms with Crippen LogP contribution in [0.4, 0.5) is 5.69 Å². The zero-order chi connectivity index (χ0) is 20.4. The number of allylic oxidation sites excluding steroid dienone is 4. The molecule has 2 aliphatic carbocycles. The first-order valence-electron chi connectivity index (χ1n) is 9.66. The molecule has 0 saturated heterocycles. The van der Waals surface area contributed by atoms with E-state index in [0.29, 0.717) is 28.9 Å². The normalized spacial score (nSPS) is 22.2. The summed E-state index contributed by atoms with van der Waals surface area (Å²) in [6.07, 6.45) is 11.0. The number of ether oxygens (including phenoxy) is 1. The standard InChI is InChI=1S/C22H23N3O3S/c1-13-20(14(2)28-25-13)21(26)24-22(29)23-17-8-5-9-18(12-17)27-19-10-15-6-3-4-7-16(15)11-19/h3-9,12,15-16,19H,10-11H2,1-2H3,(H2,23,24,26,29). The van der Waals surface area contributed by atoms with E-state index in [-0.39, 0.29) is 17.1 Å². The van der Waals surface area contributed by atoms with E-state index < -0.39 is 0 Å². The Hall–Kier alpha value is -2.93. The maximum atomic E-state index is 12.4. The number of carbonyl (C=O) groups is 1. The zero-order valence-corrected chi connectivity index (χ0v) is 17.2. The summed E-state index contributed by atoms with van der Waals surface area (Å²) in [6.45, 7) is 3.41. The van der Waals surface area contributed by atoms with E-state index in [1.165, 1.54) is 0 Å². The Morgan fingerprint density at radius 3 is 2.59 bits per heavy atom. The Morgan fingerprint density at radius 1 is 1.21 bits per heavy atom. The average molecular weight is 410 g/mol. The summed E-state index contributed by atoms with van der Waals surface area (Å²) >= 11 is 5.28. The van der Waals surface area contributed by atoms with Crippen molar-refractivity contribution in [2.24, 2.45) is 11.8 Å². The fourth-order valence-electron chi connectivity index (χ4n) is 3.98. The van der Waals surface area contributed by atoms with Gasteiger partial charge in [0.05, 0.1) is 11.8 Å². The molecule has 2 unspecified atom stereocenters. The Labute approximate surface area is 175 Å². The number of nitrogens with zero attached hydrogens (tertiary/aromatic N) is 1. The molecule has 150 valence electrons. The van der Waals surface area contributed by atoms with E-state index in [1.807, 2.05) is 24.3 Å². The molecular formula is C22H23N3O3S. The summed E-state index contributed by atoms with van der Waals surface area (Å²) in [7, 11) is 0. The van der Waals surface area contributed by atoms with Gasteiger partial charge in [-0.25, -0.2) is 0 Å². The van der Waals surface area contributed by atoms with Gasteiger partial charge in [-0.1, -0.05) is 35.5 Å². The van der Waals surface area contributed by atoms with E-state index in [1.54, 1.807) is 13.8 Å². The Morgan fingerprint density at radius 2 is 1.93 bits per heavy atom. The number of thiocarbonyl (C=S) groups is 1. The van der Waals surface area contributed by atoms with E-state index in [0.717, 1.165) is 24.3 Å². The third kappa shape index (κ3) is 4.40. The van der Waals surface area contributed by atoms with Crippen molar-refractivity contribution in [3.05, 3.63) is 65.6 Å². The van der Waals surface area contributed by atoms with Crippen LogP contribution in [-0.2, 0) is 0 Å². The van der Waals surface area contributed by atoms with E-state index in [2.05, 4.69) is 40.1 Å². The Bertz CT molecular complexity index is 955. The Kier molecular flexibility index (Phi) is 5.49. The van der Waals surface area contributed by atoms with Crippen LogP contribution >= 0.6 is 12.2 Å². The van der Waals surface area contributed by atoms with Gasteiger partial charge in [-0.3, -0.25) is 10.1 Å². The van der Waals surface area contributed by atoms with E-state index in [9.17, 15) is 4.79 Å². The number of hydrogen-bond acceptors (Lipinski definition) is 5. The quantitative estimate of drug-likeness (QED) is 0.733. The van der Waals surface area contributed by atoms with E-state index >= 15 is 0 Å². The molecule has 1 heterocycles. The number of fused-ring (bicyclic) bond motifs is 1. The summed E-state index contributed by atoms with van der Waals surface area (Å²) in [5, 5.41) is 9.69. The molecule has 1 fully saturated rings. The maximum absolute atomic E-state index is 12.4. The molecule has 4 rings (SSSR count). The smallest absolute Gasteiger partial charge is 0.262 e. The number of benzene rings is 1. The first kappa shape index (κ1) is 19.4. The molecule has 1 amide bonds. The zero-order valence-electron chi connectivity index (χ0n) is 16.3. The summed E-state index contributed by atoms with van der Waals surface area (Å²) in [6, 6.07) is 7.60. The van der Waals surface area contributed by atoms with Gasteiger partial charge in [0, 0.05) is 11.8 Å². The van der Waals surface area contributed by atoms with Crippen LogP contribution in [-0.4, -0.2) is 22.3 Å². The summed E-state index contributed by atoms with van der Waals surface area (Å²) in [5.41, 5.74) is 1.68. The van der Waals surface area contributed by atoms with Crippen LogP contribution in [0, 0.1) is 25.7 Å². The SMILES string of the molecule is Cc1noc(C)c1C(=O)NC(=S)Nc1cccc(OC2CC3C=CC=CC3C2)c1. The number of amides is 1. The van der Waals surface area contributed by atoms with Crippen molar-refractivity contribution in [2.75, 3.05) is 5.32 Å². The molecule has 2 N–H and O–H groups in total. The first-order chi connectivity index (χ1) is 14.0. The van der Waals surface area contributed by atoms with Crippen LogP contribution in [0.1, 0.15) is 34.7 Å². The summed E-state index contributed by atoms with van der Waals surface area (Å²) < 4.78 is 11.2. The molecule has 1 saturated carbocycles. The van der Waals surface area contributed by atoms with Gasteiger partial charge in [-0.05, 0) is 62.9 Å². The molecule has 1 aromatic carbocycles. The molecular weight excluding hydrogens is 386 g/mol. The summed E-state index contributed by atoms with van der Waals surface area (Å²) in [5.74, 6) is 2.03. The van der Waals surface area contributed by atoms with Gasteiger partial charge in [0.1, 0.15) is 17.1 Å². The van der Waals surface area contributed by atoms with Crippen molar-refractivity contribution < 1.29 is 14.1 Å². The summed E-state index contributed by atoms with van der Waals surface area (Å²) in [4.78, 5) is 12.4. The molecule has 2 atom stereocenters. The third-order valence-corrected chi connectivity index (χ3v) is 5.53. The number of hydrogen-bond donors (Lipinski definition) is 2. The third-order valence-electron chi connectivity index (χ3n) is 5.33. The fourth-order valence-corrected chi connectivity index (χ4v) is 4.19. The van der Waals surface area contributed by atoms with Gasteiger partial charge in [-0.2, -0.15) is 0 Å². The number of rotatable bonds is 4. The number of anilines is 1. The van der Waals surface area contributed by atoms with Gasteiger partial charge in [0.2, 0.25) is 0 Å². The number of carbonyl (C=O) groups excluding carboxylic acids is 1. The molecule has 0 spiro atoms. The minimum atomic E-state index is -0.346. The van der Waals surface area contributed by atoms with Crippen molar-refractivity contribution in [2.45, 2.75) is 32.8 Å². The lowest BCUT2D eigenvalue weighted by Gasteiger charge is -2.15. The second-order valence-electron chi connectivity index (χ2n) is 7.44. The van der Waals surface area contributed by atoms with Gasteiger partial charge in [0.15, 0.2) is 5.11 Å². The fraction of sp³-hybridized carbons (Fsp3) is 0.318. The van der Waals surface area contributed by atoms with Gasteiger partial charge in [0.25, 0.3) is 5.91 Å². The molecule has 0 aliphatic heterocycles. The largest absolute Gasteiger partial charge is 0.490 e. The van der Waals surface area contributed by atoms with Crippen LogP contribution in [0.3, 0.4) is 0 Å². The highest BCUT2D eigenvalue weighted by Crippen LogP contribution is 2.38. The predicted octanol–water partition coefficient (Wildman–Crippen LogP) is 4.32. The maximum Gasteiger partial charge on any atom is 0.262 e. The van der Waals surface area contributed by atoms with Crippen molar-refractivity contribution >= 4 is 28.9 Å². The monoisotopic (exact) mass is 409 g/mol. The molecule has 2 aliphatic rings. The number of aryl methyl sites for hydroxylation is 2. The lowest BCUT2D eigenvalue weighted by Crippen LogP contribution is -2.34. The second kappa shape index (κ2) is 8.21. The molecule has 1 aromatic heterocycles. The van der Waals surface area contributed by atoms with Crippen LogP contribution < -0.4 is 15.4 Å². The van der Waals surface area contributed by atoms with Crippen molar-refractivity contribution in [3.8, 4) is 5.75 Å². The minimum absolute atomic E-state index is 0.193. The van der Waals surface area contributed by atoms with Crippen LogP contribution in [0.15, 0.2) is 53.1 Å². The highest BCUT2D eigenvalue weighted by atomic mass is 32.1. The lowest BCUT2D eigenvalue weighted by atomic mass is 9.92. The van der Waals surface area contributed by atoms with Crippen LogP contribution in [0.2, 0.25) is 0 Å². The Balaban J connectivity index is 1.35. The highest BCUT2D eigenvalue weighted by Gasteiger charge is 2.33. The minimum Gasteiger partial charge on any atom is -0.490 e. The molecule has 7 heteroatoms. The van der Waals surface area contributed by atoms with Gasteiger partial charge < -0.3 is 14.6 Å². The second-order valence-corrected chi connectivity index (χ2v) is 7.85. The lowest BCUT2D eigenvalue weighted by molar-refractivity contribution is 0.0975. The van der Waals surface area contributed by atoms with Gasteiger partial charge >= 0.3 is 0 Å². The molecule has 0 radical (unpaired) electrons. The molecule has 2 aromatic rings. The van der Waals surface area contributed by atoms with Crippen molar-refractivity contribution in [3.63, 3.8) is 0 Å². The number of nitrogens with one attached hydrogen (secondary N) is 2. The predicted molar refractivity (Wildman–Crippen MR) is 115 cm³/mol. The van der Waals surface area contributed by atoms with Gasteiger partial charge in [-0.15, -0.1) is 0 Å². The number of aromatic nitrogens is 1. The van der Waals surface area contributed by atoms with Crippen LogP contribution in [0.25, 0.3) is 0 Å². The molecule has 29 heavy (non-hydrogen) atoms. The highest BCUT2D eigenvalue weighted by molar-refractivity contribution is 7.80.